The van der Waals surface area contributed by atoms with Gasteiger partial charge in [0.15, 0.2) is 0 Å². The van der Waals surface area contributed by atoms with Crippen LogP contribution in [-0.4, -0.2) is 81.1 Å². The molecule has 0 bridgehead atoms. The first-order chi connectivity index (χ1) is 12.1. The van der Waals surface area contributed by atoms with Gasteiger partial charge in [0.25, 0.3) is 0 Å². The Morgan fingerprint density at radius 3 is 2.64 bits per heavy atom. The Bertz CT molecular complexity index is 477. The Morgan fingerprint density at radius 2 is 2.08 bits per heavy atom. The maximum atomic E-state index is 13.1. The summed E-state index contributed by atoms with van der Waals surface area (Å²) in [6, 6.07) is 0.677. The second-order valence-electron chi connectivity index (χ2n) is 7.90. The molecule has 25 heavy (non-hydrogen) atoms. The van der Waals surface area contributed by atoms with Gasteiger partial charge in [-0.1, -0.05) is 0 Å². The predicted molar refractivity (Wildman–Crippen MR) is 97.2 cm³/mol. The number of amides is 1. The SMILES string of the molecule is COBNC1CCC(N(CC2CC(=O)C2)C(=O)C2CN(C)CN2)CC1. The predicted octanol–water partition coefficient (Wildman–Crippen LogP) is -0.531. The average molecular weight is 350 g/mol. The second kappa shape index (κ2) is 8.62. The summed E-state index contributed by atoms with van der Waals surface area (Å²) >= 11 is 0. The van der Waals surface area contributed by atoms with Gasteiger partial charge in [-0.2, -0.15) is 0 Å². The van der Waals surface area contributed by atoms with Crippen molar-refractivity contribution in [3.05, 3.63) is 0 Å². The Morgan fingerprint density at radius 1 is 1.36 bits per heavy atom. The monoisotopic (exact) mass is 350 g/mol. The van der Waals surface area contributed by atoms with E-state index >= 15 is 0 Å². The maximum Gasteiger partial charge on any atom is 0.360 e. The molecular weight excluding hydrogens is 319 g/mol. The van der Waals surface area contributed by atoms with Crippen LogP contribution < -0.4 is 10.5 Å². The molecule has 0 aromatic rings. The third-order valence-corrected chi connectivity index (χ3v) is 5.82. The average Bonchev–Trinajstić information content (AvgIpc) is 3.02. The zero-order valence-electron chi connectivity index (χ0n) is 15.5. The van der Waals surface area contributed by atoms with Crippen LogP contribution in [0.5, 0.6) is 0 Å². The van der Waals surface area contributed by atoms with Crippen LogP contribution in [0, 0.1) is 5.92 Å². The van der Waals surface area contributed by atoms with Crippen molar-refractivity contribution in [2.75, 3.05) is 33.9 Å². The Kier molecular flexibility index (Phi) is 6.49. The van der Waals surface area contributed by atoms with Crippen molar-refractivity contribution >= 4 is 19.3 Å². The Balaban J connectivity index is 1.58. The van der Waals surface area contributed by atoms with E-state index in [0.717, 1.165) is 45.4 Å². The zero-order valence-corrected chi connectivity index (χ0v) is 15.5. The van der Waals surface area contributed by atoms with E-state index in [-0.39, 0.29) is 11.9 Å². The topological polar surface area (TPSA) is 73.9 Å². The van der Waals surface area contributed by atoms with Gasteiger partial charge >= 0.3 is 7.62 Å². The number of nitrogens with one attached hydrogen (secondary N) is 2. The molecule has 0 radical (unpaired) electrons. The van der Waals surface area contributed by atoms with E-state index in [1.165, 1.54) is 0 Å². The van der Waals surface area contributed by atoms with Crippen LogP contribution in [0.3, 0.4) is 0 Å². The molecule has 0 spiro atoms. The number of rotatable bonds is 7. The number of hydrogen-bond donors (Lipinski definition) is 2. The summed E-state index contributed by atoms with van der Waals surface area (Å²) in [7, 11) is 4.31. The van der Waals surface area contributed by atoms with Gasteiger partial charge in [-0.3, -0.25) is 19.8 Å². The molecule has 2 aliphatic carbocycles. The second-order valence-corrected chi connectivity index (χ2v) is 7.90. The molecule has 1 aliphatic heterocycles. The Hall–Kier alpha value is -0.955. The number of carbonyl (C=O) groups excluding carboxylic acids is 2. The lowest BCUT2D eigenvalue weighted by atomic mass is 9.82. The number of Topliss-reactive ketones (excluding diaryl/α,β-unsaturated/α-hetero) is 1. The van der Waals surface area contributed by atoms with Crippen LogP contribution in [0.2, 0.25) is 0 Å². The first-order valence-corrected chi connectivity index (χ1v) is 9.53. The van der Waals surface area contributed by atoms with E-state index in [1.807, 2.05) is 7.05 Å². The minimum Gasteiger partial charge on any atom is -0.427 e. The van der Waals surface area contributed by atoms with E-state index in [0.29, 0.717) is 44.2 Å². The van der Waals surface area contributed by atoms with Crippen molar-refractivity contribution in [3.63, 3.8) is 0 Å². The van der Waals surface area contributed by atoms with E-state index in [4.69, 9.17) is 4.65 Å². The molecule has 0 aromatic carbocycles. The van der Waals surface area contributed by atoms with Gasteiger partial charge < -0.3 is 14.8 Å². The molecule has 2 saturated carbocycles. The molecule has 8 heteroatoms. The maximum absolute atomic E-state index is 13.1. The number of hydrogen-bond acceptors (Lipinski definition) is 6. The fourth-order valence-corrected chi connectivity index (χ4v) is 4.28. The zero-order chi connectivity index (χ0) is 17.8. The molecule has 1 saturated heterocycles. The summed E-state index contributed by atoms with van der Waals surface area (Å²) in [6.07, 6.45) is 5.48. The highest BCUT2D eigenvalue weighted by Gasteiger charge is 2.38. The molecule has 1 unspecified atom stereocenters. The summed E-state index contributed by atoms with van der Waals surface area (Å²) in [6.45, 7) is 2.27. The minimum atomic E-state index is -0.106. The summed E-state index contributed by atoms with van der Waals surface area (Å²) in [4.78, 5) is 28.7. The number of nitrogens with zero attached hydrogens (tertiary/aromatic N) is 2. The van der Waals surface area contributed by atoms with Gasteiger partial charge in [0.05, 0.1) is 0 Å². The van der Waals surface area contributed by atoms with Crippen molar-refractivity contribution < 1.29 is 14.2 Å². The third-order valence-electron chi connectivity index (χ3n) is 5.82. The molecule has 140 valence electrons. The summed E-state index contributed by atoms with van der Waals surface area (Å²) in [5, 5.41) is 6.72. The molecule has 3 rings (SSSR count). The molecule has 7 nitrogen and oxygen atoms in total. The lowest BCUT2D eigenvalue weighted by Gasteiger charge is -2.41. The van der Waals surface area contributed by atoms with Crippen molar-refractivity contribution in [3.8, 4) is 0 Å². The molecule has 3 fully saturated rings. The first-order valence-electron chi connectivity index (χ1n) is 9.53. The van der Waals surface area contributed by atoms with Crippen molar-refractivity contribution in [2.24, 2.45) is 5.92 Å². The van der Waals surface area contributed by atoms with Crippen molar-refractivity contribution in [2.45, 2.75) is 56.7 Å². The fraction of sp³-hybridized carbons (Fsp3) is 0.882. The molecular formula is C17H31BN4O3. The van der Waals surface area contributed by atoms with Crippen LogP contribution in [0.15, 0.2) is 0 Å². The molecule has 1 atom stereocenters. The number of likely N-dealkylation sites (N-methyl/N-ethyl adjacent to an activating group) is 1. The van der Waals surface area contributed by atoms with Gasteiger partial charge in [-0.25, -0.2) is 0 Å². The fourth-order valence-electron chi connectivity index (χ4n) is 4.28. The van der Waals surface area contributed by atoms with Crippen LogP contribution >= 0.6 is 0 Å². The first kappa shape index (κ1) is 18.8. The van der Waals surface area contributed by atoms with Gasteiger partial charge in [0.1, 0.15) is 11.8 Å². The molecule has 0 aromatic heterocycles. The normalized spacial score (nSPS) is 31.0. The van der Waals surface area contributed by atoms with Crippen molar-refractivity contribution in [1.82, 2.24) is 20.3 Å². The van der Waals surface area contributed by atoms with Crippen LogP contribution in [-0.2, 0) is 14.2 Å². The van der Waals surface area contributed by atoms with Gasteiger partial charge in [0, 0.05) is 45.8 Å². The van der Waals surface area contributed by atoms with Crippen LogP contribution in [0.4, 0.5) is 0 Å². The van der Waals surface area contributed by atoms with E-state index < -0.39 is 0 Å². The third kappa shape index (κ3) is 4.81. The Labute approximate surface area is 151 Å². The smallest absolute Gasteiger partial charge is 0.360 e. The largest absolute Gasteiger partial charge is 0.427 e. The lowest BCUT2D eigenvalue weighted by molar-refractivity contribution is -0.140. The highest BCUT2D eigenvalue weighted by Crippen LogP contribution is 2.29. The van der Waals surface area contributed by atoms with E-state index in [9.17, 15) is 9.59 Å². The minimum absolute atomic E-state index is 0.106. The molecule has 1 amide bonds. The molecule has 1 heterocycles. The van der Waals surface area contributed by atoms with Gasteiger partial charge in [-0.15, -0.1) is 0 Å². The standard InChI is InChI=1S/C17H31BN4O3/c1-21-10-16(19-11-21)17(24)22(9-12-7-15(23)8-12)14-5-3-13(4-6-14)20-18-25-2/h12-14,16,18-20H,3-11H2,1-2H3. The van der Waals surface area contributed by atoms with E-state index in [1.54, 1.807) is 7.11 Å². The molecule has 3 aliphatic rings. The summed E-state index contributed by atoms with van der Waals surface area (Å²) in [5.41, 5.74) is 0. The summed E-state index contributed by atoms with van der Waals surface area (Å²) < 4.78 is 5.10. The van der Waals surface area contributed by atoms with Crippen molar-refractivity contribution in [1.29, 1.82) is 0 Å². The van der Waals surface area contributed by atoms with Gasteiger partial charge in [-0.05, 0) is 44.7 Å². The summed E-state index contributed by atoms with van der Waals surface area (Å²) in [5.74, 6) is 0.917. The van der Waals surface area contributed by atoms with Gasteiger partial charge in [0.2, 0.25) is 5.91 Å². The highest BCUT2D eigenvalue weighted by molar-refractivity contribution is 6.23. The number of ketones is 1. The van der Waals surface area contributed by atoms with Crippen LogP contribution in [0.1, 0.15) is 38.5 Å². The highest BCUT2D eigenvalue weighted by atomic mass is 16.4. The van der Waals surface area contributed by atoms with E-state index in [2.05, 4.69) is 20.3 Å². The number of carbonyl (C=O) groups is 2. The lowest BCUT2D eigenvalue weighted by Crippen LogP contribution is -2.54. The quantitative estimate of drug-likeness (QED) is 0.602. The molecule has 2 N–H and O–H groups in total. The van der Waals surface area contributed by atoms with Crippen LogP contribution in [0.25, 0.3) is 0 Å².